The van der Waals surface area contributed by atoms with Gasteiger partial charge in [0.25, 0.3) is 5.91 Å². The monoisotopic (exact) mass is 391 g/mol. The summed E-state index contributed by atoms with van der Waals surface area (Å²) in [4.78, 5) is 11.9. The highest BCUT2D eigenvalue weighted by molar-refractivity contribution is 5.89. The van der Waals surface area contributed by atoms with Crippen molar-refractivity contribution in [3.63, 3.8) is 0 Å². The lowest BCUT2D eigenvalue weighted by atomic mass is 10.1. The molecule has 2 aromatic carbocycles. The van der Waals surface area contributed by atoms with Crippen LogP contribution in [0.1, 0.15) is 12.0 Å². The summed E-state index contributed by atoms with van der Waals surface area (Å²) in [5.41, 5.74) is 4.60. The number of nitrogens with one attached hydrogen (secondary N) is 1. The maximum Gasteiger partial charge on any atom is 0.277 e. The smallest absolute Gasteiger partial charge is 0.277 e. The minimum absolute atomic E-state index is 0.00300. The number of hydrogen-bond acceptors (Lipinski definition) is 5. The Morgan fingerprint density at radius 3 is 2.76 bits per heavy atom. The number of para-hydroxylation sites is 1. The maximum absolute atomic E-state index is 13.5. The number of hydrazone groups is 1. The first kappa shape index (κ1) is 19.8. The SMILES string of the molecule is N#CCCn1cc(/C=N\NC(=O)COc2ccccc2F)c(-c2ccccc2)n1. The van der Waals surface area contributed by atoms with E-state index in [1.165, 1.54) is 24.4 Å². The molecular weight excluding hydrogens is 373 g/mol. The van der Waals surface area contributed by atoms with Crippen LogP contribution in [0.25, 0.3) is 11.3 Å². The molecule has 7 nitrogen and oxygen atoms in total. The van der Waals surface area contributed by atoms with E-state index in [0.29, 0.717) is 24.2 Å². The summed E-state index contributed by atoms with van der Waals surface area (Å²) < 4.78 is 20.3. The van der Waals surface area contributed by atoms with Crippen molar-refractivity contribution >= 4 is 12.1 Å². The molecule has 0 aliphatic rings. The van der Waals surface area contributed by atoms with Crippen molar-refractivity contribution < 1.29 is 13.9 Å². The van der Waals surface area contributed by atoms with Crippen molar-refractivity contribution in [1.29, 1.82) is 5.26 Å². The predicted octanol–water partition coefficient (Wildman–Crippen LogP) is 3.13. The first-order valence-corrected chi connectivity index (χ1v) is 8.86. The number of carbonyl (C=O) groups is 1. The van der Waals surface area contributed by atoms with Gasteiger partial charge in [-0.2, -0.15) is 15.5 Å². The summed E-state index contributed by atoms with van der Waals surface area (Å²) in [5.74, 6) is -1.07. The van der Waals surface area contributed by atoms with E-state index in [-0.39, 0.29) is 12.4 Å². The standard InChI is InChI=1S/C21H18FN5O2/c22-18-9-4-5-10-19(18)29-15-20(28)25-24-13-17-14-27(12-6-11-23)26-21(17)16-7-2-1-3-8-16/h1-5,7-10,13-14H,6,12,15H2,(H,25,28)/b24-13-. The molecule has 0 aliphatic carbocycles. The van der Waals surface area contributed by atoms with Crippen LogP contribution < -0.4 is 10.2 Å². The van der Waals surface area contributed by atoms with Gasteiger partial charge in [0.15, 0.2) is 18.2 Å². The molecule has 0 saturated heterocycles. The number of nitrogens with zero attached hydrogens (tertiary/aromatic N) is 4. The Bertz CT molecular complexity index is 1040. The Kier molecular flexibility index (Phi) is 6.68. The van der Waals surface area contributed by atoms with Crippen molar-refractivity contribution in [3.8, 4) is 23.1 Å². The third kappa shape index (κ3) is 5.49. The lowest BCUT2D eigenvalue weighted by Crippen LogP contribution is -2.24. The number of benzene rings is 2. The Labute approximate surface area is 167 Å². The highest BCUT2D eigenvalue weighted by atomic mass is 19.1. The summed E-state index contributed by atoms with van der Waals surface area (Å²) in [6, 6.07) is 17.4. The van der Waals surface area contributed by atoms with E-state index in [1.807, 2.05) is 30.3 Å². The zero-order chi connectivity index (χ0) is 20.5. The summed E-state index contributed by atoms with van der Waals surface area (Å²) in [6.07, 6.45) is 3.56. The third-order valence-electron chi connectivity index (χ3n) is 3.88. The number of nitriles is 1. The molecule has 1 amide bonds. The molecule has 0 unspecified atom stereocenters. The molecule has 0 spiro atoms. The number of halogens is 1. The van der Waals surface area contributed by atoms with Crippen LogP contribution in [0, 0.1) is 17.1 Å². The number of aromatic nitrogens is 2. The van der Waals surface area contributed by atoms with Crippen molar-refractivity contribution in [2.75, 3.05) is 6.61 Å². The number of carbonyl (C=O) groups excluding carboxylic acids is 1. The van der Waals surface area contributed by atoms with Crippen LogP contribution >= 0.6 is 0 Å². The van der Waals surface area contributed by atoms with Gasteiger partial charge in [0, 0.05) is 17.3 Å². The highest BCUT2D eigenvalue weighted by Crippen LogP contribution is 2.20. The van der Waals surface area contributed by atoms with Crippen LogP contribution in [0.2, 0.25) is 0 Å². The van der Waals surface area contributed by atoms with E-state index in [0.717, 1.165) is 5.56 Å². The molecule has 1 heterocycles. The quantitative estimate of drug-likeness (QED) is 0.472. The topological polar surface area (TPSA) is 92.3 Å². The van der Waals surface area contributed by atoms with Crippen LogP contribution in [0.4, 0.5) is 4.39 Å². The number of rotatable bonds is 8. The van der Waals surface area contributed by atoms with Gasteiger partial charge in [0.1, 0.15) is 5.69 Å². The molecule has 0 aliphatic heterocycles. The molecule has 0 bridgehead atoms. The normalized spacial score (nSPS) is 10.6. The van der Waals surface area contributed by atoms with Gasteiger partial charge in [0.2, 0.25) is 0 Å². The zero-order valence-corrected chi connectivity index (χ0v) is 15.5. The van der Waals surface area contributed by atoms with Crippen molar-refractivity contribution in [2.45, 2.75) is 13.0 Å². The van der Waals surface area contributed by atoms with Crippen LogP contribution in [-0.2, 0) is 11.3 Å². The Balaban J connectivity index is 1.66. The van der Waals surface area contributed by atoms with Crippen molar-refractivity contribution in [3.05, 3.63) is 72.2 Å². The van der Waals surface area contributed by atoms with Gasteiger partial charge in [-0.1, -0.05) is 42.5 Å². The molecule has 0 fully saturated rings. The van der Waals surface area contributed by atoms with Crippen LogP contribution in [0.15, 0.2) is 65.9 Å². The molecule has 3 aromatic rings. The van der Waals surface area contributed by atoms with E-state index in [9.17, 15) is 9.18 Å². The zero-order valence-electron chi connectivity index (χ0n) is 15.5. The number of hydrogen-bond donors (Lipinski definition) is 1. The van der Waals surface area contributed by atoms with E-state index < -0.39 is 11.7 Å². The van der Waals surface area contributed by atoms with E-state index in [2.05, 4.69) is 21.7 Å². The van der Waals surface area contributed by atoms with Crippen molar-refractivity contribution in [2.24, 2.45) is 5.10 Å². The summed E-state index contributed by atoms with van der Waals surface area (Å²) in [6.45, 7) is 0.0816. The molecule has 146 valence electrons. The molecule has 8 heteroatoms. The molecule has 1 aromatic heterocycles. The number of ether oxygens (including phenoxy) is 1. The highest BCUT2D eigenvalue weighted by Gasteiger charge is 2.10. The van der Waals surface area contributed by atoms with Crippen molar-refractivity contribution in [1.82, 2.24) is 15.2 Å². The summed E-state index contributed by atoms with van der Waals surface area (Å²) >= 11 is 0. The second-order valence-electron chi connectivity index (χ2n) is 5.98. The minimum Gasteiger partial charge on any atom is -0.481 e. The maximum atomic E-state index is 13.5. The molecular formula is C21H18FN5O2. The average Bonchev–Trinajstić information content (AvgIpc) is 3.15. The fourth-order valence-corrected chi connectivity index (χ4v) is 2.54. The van der Waals surface area contributed by atoms with Gasteiger partial charge in [-0.05, 0) is 12.1 Å². The molecule has 0 atom stereocenters. The van der Waals surface area contributed by atoms with Crippen LogP contribution in [0.5, 0.6) is 5.75 Å². The lowest BCUT2D eigenvalue weighted by Gasteiger charge is -2.05. The van der Waals surface area contributed by atoms with E-state index in [4.69, 9.17) is 10.00 Å². The molecule has 29 heavy (non-hydrogen) atoms. The molecule has 0 saturated carbocycles. The van der Waals surface area contributed by atoms with E-state index >= 15 is 0 Å². The Morgan fingerprint density at radius 1 is 1.24 bits per heavy atom. The second kappa shape index (κ2) is 9.80. The summed E-state index contributed by atoms with van der Waals surface area (Å²) in [7, 11) is 0. The van der Waals surface area contributed by atoms with Gasteiger partial charge >= 0.3 is 0 Å². The minimum atomic E-state index is -0.541. The van der Waals surface area contributed by atoms with Gasteiger partial charge in [0.05, 0.1) is 25.2 Å². The lowest BCUT2D eigenvalue weighted by molar-refractivity contribution is -0.123. The average molecular weight is 391 g/mol. The largest absolute Gasteiger partial charge is 0.481 e. The van der Waals surface area contributed by atoms with Crippen LogP contribution in [0.3, 0.4) is 0 Å². The first-order chi connectivity index (χ1) is 14.2. The predicted molar refractivity (Wildman–Crippen MR) is 106 cm³/mol. The first-order valence-electron chi connectivity index (χ1n) is 8.86. The van der Waals surface area contributed by atoms with Gasteiger partial charge in [-0.15, -0.1) is 0 Å². The van der Waals surface area contributed by atoms with Gasteiger partial charge < -0.3 is 4.74 Å². The van der Waals surface area contributed by atoms with Gasteiger partial charge in [-0.25, -0.2) is 9.82 Å². The third-order valence-corrected chi connectivity index (χ3v) is 3.88. The number of amides is 1. The summed E-state index contributed by atoms with van der Waals surface area (Å²) in [5, 5.41) is 17.2. The van der Waals surface area contributed by atoms with E-state index in [1.54, 1.807) is 16.9 Å². The Hall–Kier alpha value is -3.99. The fourth-order valence-electron chi connectivity index (χ4n) is 2.54. The van der Waals surface area contributed by atoms with Gasteiger partial charge in [-0.3, -0.25) is 9.48 Å². The van der Waals surface area contributed by atoms with Crippen LogP contribution in [-0.4, -0.2) is 28.5 Å². The molecule has 0 radical (unpaired) electrons. The molecule has 3 rings (SSSR count). The second-order valence-corrected chi connectivity index (χ2v) is 5.98. The Morgan fingerprint density at radius 2 is 2.00 bits per heavy atom. The fraction of sp³-hybridized carbons (Fsp3) is 0.143. The molecule has 1 N–H and O–H groups in total. The number of aryl methyl sites for hydroxylation is 1.